The Bertz CT molecular complexity index is 1330. The Hall–Kier alpha value is -3.02. The van der Waals surface area contributed by atoms with Crippen LogP contribution in [0, 0.1) is 0 Å². The number of hydrogen-bond acceptors (Lipinski definition) is 6. The lowest BCUT2D eigenvalue weighted by molar-refractivity contribution is 0.302. The maximum absolute atomic E-state index is 10.8. The lowest BCUT2D eigenvalue weighted by Gasteiger charge is -2.35. The Balaban J connectivity index is 1.59. The number of phenolic OH excluding ortho intramolecular Hbond substituents is 2. The summed E-state index contributed by atoms with van der Waals surface area (Å²) < 4.78 is 11.9. The van der Waals surface area contributed by atoms with E-state index in [0.29, 0.717) is 35.8 Å². The molecule has 0 fully saturated rings. The molecule has 0 aliphatic rings. The van der Waals surface area contributed by atoms with Crippen LogP contribution in [0.1, 0.15) is 258 Å². The highest BCUT2D eigenvalue weighted by Gasteiger charge is 2.36. The van der Waals surface area contributed by atoms with Crippen LogP contribution in [-0.2, 0) is 0 Å². The molecule has 0 saturated heterocycles. The topological polar surface area (TPSA) is 83.6 Å². The first-order chi connectivity index (χ1) is 30.1. The number of ether oxygens (including phenoxy) is 2. The number of aliphatic imine (C=N–C) groups is 2. The SMILES string of the molecule is CCCCCCCCCCCCCCCCCCOc1ccc(C=NC(C)(C)C(C)(C)N=Cc2ccc(OCCCCCCCCCCCCCCCCCC)cc2O)c(O)c1. The van der Waals surface area contributed by atoms with Crippen LogP contribution in [-0.4, -0.2) is 46.9 Å². The fraction of sp³-hybridized carbons (Fsp3) is 0.750. The third kappa shape index (κ3) is 26.6. The quantitative estimate of drug-likeness (QED) is 0.0515. The number of phenols is 2. The molecule has 0 aliphatic heterocycles. The lowest BCUT2D eigenvalue weighted by Crippen LogP contribution is -2.42. The summed E-state index contributed by atoms with van der Waals surface area (Å²) in [5.41, 5.74) is 0.0920. The molecule has 2 rings (SSSR count). The zero-order valence-electron chi connectivity index (χ0n) is 41.3. The zero-order chi connectivity index (χ0) is 45.0. The summed E-state index contributed by atoms with van der Waals surface area (Å²) in [4.78, 5) is 9.72. The van der Waals surface area contributed by atoms with Gasteiger partial charge in [0.05, 0.1) is 24.3 Å². The van der Waals surface area contributed by atoms with Crippen LogP contribution in [0.3, 0.4) is 0 Å². The van der Waals surface area contributed by atoms with Crippen molar-refractivity contribution >= 4 is 12.4 Å². The first-order valence-corrected chi connectivity index (χ1v) is 26.1. The van der Waals surface area contributed by atoms with Gasteiger partial charge in [-0.25, -0.2) is 0 Å². The van der Waals surface area contributed by atoms with Crippen molar-refractivity contribution in [3.05, 3.63) is 47.5 Å². The van der Waals surface area contributed by atoms with Crippen LogP contribution in [0.4, 0.5) is 0 Å². The van der Waals surface area contributed by atoms with E-state index in [1.807, 2.05) is 52.0 Å². The van der Waals surface area contributed by atoms with Crippen molar-refractivity contribution in [3.63, 3.8) is 0 Å². The fourth-order valence-corrected chi connectivity index (χ4v) is 7.90. The molecule has 6 heteroatoms. The number of benzene rings is 2. The molecule has 0 amide bonds. The lowest BCUT2D eigenvalue weighted by atomic mass is 9.83. The molecule has 0 spiro atoms. The minimum absolute atomic E-state index is 0.150. The second-order valence-corrected chi connectivity index (χ2v) is 19.4. The fourth-order valence-electron chi connectivity index (χ4n) is 7.90. The summed E-state index contributed by atoms with van der Waals surface area (Å²) in [7, 11) is 0. The Labute approximate surface area is 382 Å². The van der Waals surface area contributed by atoms with Gasteiger partial charge in [0, 0.05) is 35.7 Å². The molecule has 0 radical (unpaired) electrons. The van der Waals surface area contributed by atoms with Crippen LogP contribution in [0.25, 0.3) is 0 Å². The van der Waals surface area contributed by atoms with Gasteiger partial charge in [0.2, 0.25) is 0 Å². The molecule has 2 aromatic rings. The van der Waals surface area contributed by atoms with Crippen molar-refractivity contribution in [3.8, 4) is 23.0 Å². The minimum Gasteiger partial charge on any atom is -0.507 e. The third-order valence-corrected chi connectivity index (χ3v) is 13.1. The van der Waals surface area contributed by atoms with E-state index in [0.717, 1.165) is 12.8 Å². The molecule has 0 heterocycles. The standard InChI is InChI=1S/C56H96N2O4/c1-7-9-11-13-15-17-19-21-23-25-27-29-31-33-35-37-43-61-51-41-39-49(53(59)45-51)47-57-55(3,4)56(5,6)58-48-50-40-42-52(46-54(50)60)62-44-38-36-34-32-30-28-26-24-22-20-18-16-14-12-10-8-2/h39-42,45-48,59-60H,7-38,43-44H2,1-6H3. The monoisotopic (exact) mass is 861 g/mol. The van der Waals surface area contributed by atoms with Crippen molar-refractivity contribution in [2.24, 2.45) is 9.98 Å². The summed E-state index contributed by atoms with van der Waals surface area (Å²) in [6.45, 7) is 14.0. The number of unbranched alkanes of at least 4 members (excludes halogenated alkanes) is 30. The van der Waals surface area contributed by atoms with Gasteiger partial charge < -0.3 is 19.7 Å². The van der Waals surface area contributed by atoms with Crippen LogP contribution in [0.15, 0.2) is 46.4 Å². The Kier molecular flexibility index (Phi) is 31.4. The Morgan fingerprint density at radius 1 is 0.387 bits per heavy atom. The minimum atomic E-state index is -0.593. The second-order valence-electron chi connectivity index (χ2n) is 19.4. The molecule has 0 saturated carbocycles. The van der Waals surface area contributed by atoms with Gasteiger partial charge in [-0.15, -0.1) is 0 Å². The molecule has 0 aliphatic carbocycles. The number of nitrogens with zero attached hydrogens (tertiary/aromatic N) is 2. The van der Waals surface area contributed by atoms with E-state index in [2.05, 4.69) is 13.8 Å². The van der Waals surface area contributed by atoms with Crippen molar-refractivity contribution in [1.29, 1.82) is 0 Å². The average molecular weight is 861 g/mol. The number of rotatable bonds is 41. The molecular formula is C56H96N2O4. The van der Waals surface area contributed by atoms with Crippen LogP contribution in [0.2, 0.25) is 0 Å². The van der Waals surface area contributed by atoms with E-state index in [4.69, 9.17) is 19.5 Å². The molecule has 2 N–H and O–H groups in total. The van der Waals surface area contributed by atoms with Gasteiger partial charge in [0.15, 0.2) is 0 Å². The average Bonchev–Trinajstić information content (AvgIpc) is 3.25. The van der Waals surface area contributed by atoms with Crippen LogP contribution in [0.5, 0.6) is 23.0 Å². The smallest absolute Gasteiger partial charge is 0.128 e. The predicted molar refractivity (Wildman–Crippen MR) is 270 cm³/mol. The van der Waals surface area contributed by atoms with Crippen molar-refractivity contribution in [2.75, 3.05) is 13.2 Å². The van der Waals surface area contributed by atoms with E-state index < -0.39 is 11.1 Å². The first-order valence-electron chi connectivity index (χ1n) is 26.1. The molecule has 0 aromatic heterocycles. The Morgan fingerprint density at radius 2 is 0.629 bits per heavy atom. The summed E-state index contributed by atoms with van der Waals surface area (Å²) in [5.74, 6) is 1.66. The van der Waals surface area contributed by atoms with E-state index in [-0.39, 0.29) is 11.5 Å². The van der Waals surface area contributed by atoms with E-state index in [1.165, 1.54) is 193 Å². The van der Waals surface area contributed by atoms with Gasteiger partial charge in [-0.05, 0) is 64.8 Å². The third-order valence-electron chi connectivity index (χ3n) is 13.1. The maximum atomic E-state index is 10.8. The molecule has 0 unspecified atom stereocenters. The van der Waals surface area contributed by atoms with E-state index >= 15 is 0 Å². The molecule has 0 atom stereocenters. The van der Waals surface area contributed by atoms with Gasteiger partial charge in [-0.3, -0.25) is 9.98 Å². The molecule has 354 valence electrons. The highest BCUT2D eigenvalue weighted by molar-refractivity contribution is 5.85. The molecule has 0 bridgehead atoms. The predicted octanol–water partition coefficient (Wildman–Crippen LogP) is 17.5. The summed E-state index contributed by atoms with van der Waals surface area (Å²) in [6, 6.07) is 10.9. The summed E-state index contributed by atoms with van der Waals surface area (Å²) in [6.07, 6.45) is 46.6. The van der Waals surface area contributed by atoms with Gasteiger partial charge in [0.25, 0.3) is 0 Å². The van der Waals surface area contributed by atoms with Gasteiger partial charge in [0.1, 0.15) is 23.0 Å². The Morgan fingerprint density at radius 3 is 0.871 bits per heavy atom. The van der Waals surface area contributed by atoms with Crippen molar-refractivity contribution < 1.29 is 19.7 Å². The van der Waals surface area contributed by atoms with Gasteiger partial charge >= 0.3 is 0 Å². The summed E-state index contributed by atoms with van der Waals surface area (Å²) in [5, 5.41) is 21.5. The number of aromatic hydroxyl groups is 2. The molecule has 62 heavy (non-hydrogen) atoms. The molecular weight excluding hydrogens is 765 g/mol. The van der Waals surface area contributed by atoms with Crippen LogP contribution >= 0.6 is 0 Å². The van der Waals surface area contributed by atoms with E-state index in [9.17, 15) is 10.2 Å². The number of hydrogen-bond donors (Lipinski definition) is 2. The zero-order valence-corrected chi connectivity index (χ0v) is 41.3. The van der Waals surface area contributed by atoms with Gasteiger partial charge in [-0.2, -0.15) is 0 Å². The molecule has 6 nitrogen and oxygen atoms in total. The van der Waals surface area contributed by atoms with Gasteiger partial charge in [-0.1, -0.05) is 206 Å². The van der Waals surface area contributed by atoms with E-state index in [1.54, 1.807) is 24.6 Å². The largest absolute Gasteiger partial charge is 0.507 e. The highest BCUT2D eigenvalue weighted by Crippen LogP contribution is 2.31. The summed E-state index contributed by atoms with van der Waals surface area (Å²) >= 11 is 0. The van der Waals surface area contributed by atoms with Crippen molar-refractivity contribution in [2.45, 2.75) is 258 Å². The normalized spacial score (nSPS) is 12.3. The second kappa shape index (κ2) is 35.3. The van der Waals surface area contributed by atoms with Crippen molar-refractivity contribution in [1.82, 2.24) is 0 Å². The maximum Gasteiger partial charge on any atom is 0.128 e. The first kappa shape index (κ1) is 55.1. The highest BCUT2D eigenvalue weighted by atomic mass is 16.5. The molecule has 2 aromatic carbocycles. The van der Waals surface area contributed by atoms with Crippen LogP contribution < -0.4 is 9.47 Å².